The van der Waals surface area contributed by atoms with Gasteiger partial charge in [0.05, 0.1) is 11.1 Å². The molecule has 140 valence electrons. The van der Waals surface area contributed by atoms with Crippen LogP contribution in [-0.4, -0.2) is 39.6 Å². The molecule has 0 bridgehead atoms. The molecule has 1 amide bonds. The van der Waals surface area contributed by atoms with Crippen LogP contribution in [0, 0.1) is 5.92 Å². The molecule has 2 aromatic heterocycles. The number of thiophene rings is 1. The second-order valence-electron chi connectivity index (χ2n) is 7.51. The van der Waals surface area contributed by atoms with Gasteiger partial charge in [0, 0.05) is 18.0 Å². The predicted molar refractivity (Wildman–Crippen MR) is 109 cm³/mol. The maximum Gasteiger partial charge on any atom is 0.233 e. The molecule has 1 saturated heterocycles. The van der Waals surface area contributed by atoms with Crippen molar-refractivity contribution in [3.63, 3.8) is 0 Å². The first-order chi connectivity index (χ1) is 12.6. The summed E-state index contributed by atoms with van der Waals surface area (Å²) >= 11 is 3.18. The third-order valence-electron chi connectivity index (χ3n) is 5.41. The molecule has 1 atom stereocenters. The molecule has 3 heterocycles. The molecule has 0 aromatic carbocycles. The maximum absolute atomic E-state index is 12.5. The van der Waals surface area contributed by atoms with Crippen molar-refractivity contribution in [2.24, 2.45) is 5.92 Å². The van der Waals surface area contributed by atoms with Crippen LogP contribution in [0.2, 0.25) is 0 Å². The Morgan fingerprint density at radius 3 is 2.96 bits per heavy atom. The Morgan fingerprint density at radius 2 is 2.12 bits per heavy atom. The van der Waals surface area contributed by atoms with E-state index in [0.717, 1.165) is 42.6 Å². The first kappa shape index (κ1) is 18.0. The summed E-state index contributed by atoms with van der Waals surface area (Å²) in [6, 6.07) is 0. The van der Waals surface area contributed by atoms with E-state index in [1.807, 2.05) is 4.90 Å². The number of aromatic nitrogens is 2. The third-order valence-corrected chi connectivity index (χ3v) is 7.42. The fraction of sp³-hybridized carbons (Fsp3) is 0.632. The Hall–Kier alpha value is -1.34. The van der Waals surface area contributed by atoms with Crippen LogP contribution in [0.3, 0.4) is 0 Å². The van der Waals surface area contributed by atoms with E-state index in [9.17, 15) is 4.79 Å². The highest BCUT2D eigenvalue weighted by Gasteiger charge is 2.22. The number of piperidine rings is 1. The Labute approximate surface area is 162 Å². The summed E-state index contributed by atoms with van der Waals surface area (Å²) in [4.78, 5) is 26.1. The number of thioether (sulfide) groups is 1. The number of anilines is 1. The number of fused-ring (bicyclic) bond motifs is 3. The number of nitrogens with two attached hydrogens (primary N) is 1. The lowest BCUT2D eigenvalue weighted by Crippen LogP contribution is -2.40. The zero-order chi connectivity index (χ0) is 18.1. The average Bonchev–Trinajstić information content (AvgIpc) is 2.82. The van der Waals surface area contributed by atoms with Gasteiger partial charge in [-0.15, -0.1) is 11.3 Å². The molecule has 1 aliphatic carbocycles. The van der Waals surface area contributed by atoms with Crippen LogP contribution in [0.15, 0.2) is 5.16 Å². The van der Waals surface area contributed by atoms with Crippen molar-refractivity contribution in [3.8, 4) is 0 Å². The molecular formula is C19H26N4OS2. The summed E-state index contributed by atoms with van der Waals surface area (Å²) in [7, 11) is 0. The van der Waals surface area contributed by atoms with E-state index in [4.69, 9.17) is 10.7 Å². The smallest absolute Gasteiger partial charge is 0.233 e. The van der Waals surface area contributed by atoms with Gasteiger partial charge in [0.2, 0.25) is 5.91 Å². The SMILES string of the molecule is C[C@H]1CCCN(C(=O)CSc2nc(N)c3c4c(sc3n2)CCCCC4)C1. The van der Waals surface area contributed by atoms with E-state index in [0.29, 0.717) is 22.6 Å². The number of rotatable bonds is 3. The number of carbonyl (C=O) groups is 1. The fourth-order valence-electron chi connectivity index (χ4n) is 4.04. The molecule has 0 saturated carbocycles. The Kier molecular flexibility index (Phi) is 5.36. The van der Waals surface area contributed by atoms with Crippen molar-refractivity contribution in [2.45, 2.75) is 57.0 Å². The van der Waals surface area contributed by atoms with Crippen LogP contribution in [-0.2, 0) is 17.6 Å². The van der Waals surface area contributed by atoms with Gasteiger partial charge < -0.3 is 10.6 Å². The molecule has 7 heteroatoms. The van der Waals surface area contributed by atoms with Crippen molar-refractivity contribution in [1.82, 2.24) is 14.9 Å². The summed E-state index contributed by atoms with van der Waals surface area (Å²) in [6.07, 6.45) is 8.29. The number of likely N-dealkylation sites (tertiary alicyclic amines) is 1. The first-order valence-corrected chi connectivity index (χ1v) is 11.4. The number of hydrogen-bond donors (Lipinski definition) is 1. The molecular weight excluding hydrogens is 364 g/mol. The number of amides is 1. The van der Waals surface area contributed by atoms with E-state index >= 15 is 0 Å². The van der Waals surface area contributed by atoms with Crippen molar-refractivity contribution in [3.05, 3.63) is 10.4 Å². The normalized spacial score (nSPS) is 20.8. The van der Waals surface area contributed by atoms with Gasteiger partial charge in [-0.3, -0.25) is 4.79 Å². The topological polar surface area (TPSA) is 72.1 Å². The molecule has 26 heavy (non-hydrogen) atoms. The molecule has 2 N–H and O–H groups in total. The molecule has 2 aliphatic rings. The second kappa shape index (κ2) is 7.72. The lowest BCUT2D eigenvalue weighted by molar-refractivity contribution is -0.130. The molecule has 0 unspecified atom stereocenters. The highest BCUT2D eigenvalue weighted by atomic mass is 32.2. The van der Waals surface area contributed by atoms with Crippen molar-refractivity contribution < 1.29 is 4.79 Å². The van der Waals surface area contributed by atoms with E-state index in [1.54, 1.807) is 11.3 Å². The standard InChI is InChI=1S/C19H26N4OS2/c1-12-6-5-9-23(10-12)15(24)11-25-19-21-17(20)16-13-7-3-2-4-8-14(13)26-18(16)22-19/h12H,2-11H2,1H3,(H2,20,21,22)/t12-/m0/s1. The summed E-state index contributed by atoms with van der Waals surface area (Å²) in [5.74, 6) is 1.76. The zero-order valence-corrected chi connectivity index (χ0v) is 16.9. The Balaban J connectivity index is 1.50. The molecule has 0 radical (unpaired) electrons. The number of aryl methyl sites for hydroxylation is 2. The molecule has 1 fully saturated rings. The van der Waals surface area contributed by atoms with Gasteiger partial charge in [-0.2, -0.15) is 0 Å². The van der Waals surface area contributed by atoms with Crippen LogP contribution < -0.4 is 5.73 Å². The van der Waals surface area contributed by atoms with E-state index < -0.39 is 0 Å². The van der Waals surface area contributed by atoms with Gasteiger partial charge >= 0.3 is 0 Å². The Morgan fingerprint density at radius 1 is 1.27 bits per heavy atom. The van der Waals surface area contributed by atoms with Gasteiger partial charge in [0.15, 0.2) is 5.16 Å². The van der Waals surface area contributed by atoms with E-state index in [-0.39, 0.29) is 5.91 Å². The van der Waals surface area contributed by atoms with Crippen LogP contribution in [0.4, 0.5) is 5.82 Å². The fourth-order valence-corrected chi connectivity index (χ4v) is 6.12. The molecule has 5 nitrogen and oxygen atoms in total. The Bertz CT molecular complexity index is 819. The minimum atomic E-state index is 0.186. The van der Waals surface area contributed by atoms with Gasteiger partial charge in [0.25, 0.3) is 0 Å². The monoisotopic (exact) mass is 390 g/mol. The van der Waals surface area contributed by atoms with Crippen LogP contribution in [0.5, 0.6) is 0 Å². The lowest BCUT2D eigenvalue weighted by atomic mass is 10.0. The van der Waals surface area contributed by atoms with Crippen LogP contribution in [0.25, 0.3) is 10.2 Å². The van der Waals surface area contributed by atoms with E-state index in [1.165, 1.54) is 47.9 Å². The second-order valence-corrected chi connectivity index (χ2v) is 9.54. The summed E-state index contributed by atoms with van der Waals surface area (Å²) in [5, 5.41) is 1.69. The summed E-state index contributed by atoms with van der Waals surface area (Å²) in [5.41, 5.74) is 7.66. The van der Waals surface area contributed by atoms with Gasteiger partial charge in [-0.05, 0) is 50.0 Å². The average molecular weight is 391 g/mol. The number of carbonyl (C=O) groups excluding carboxylic acids is 1. The highest BCUT2D eigenvalue weighted by molar-refractivity contribution is 7.99. The predicted octanol–water partition coefficient (Wildman–Crippen LogP) is 3.89. The minimum absolute atomic E-state index is 0.186. The molecule has 2 aromatic rings. The number of nitrogen functional groups attached to an aromatic ring is 1. The van der Waals surface area contributed by atoms with Crippen LogP contribution >= 0.6 is 23.1 Å². The van der Waals surface area contributed by atoms with E-state index in [2.05, 4.69) is 11.9 Å². The number of hydrogen-bond acceptors (Lipinski definition) is 6. The molecule has 1 aliphatic heterocycles. The zero-order valence-electron chi connectivity index (χ0n) is 15.3. The van der Waals surface area contributed by atoms with Crippen molar-refractivity contribution in [2.75, 3.05) is 24.6 Å². The highest BCUT2D eigenvalue weighted by Crippen LogP contribution is 2.38. The van der Waals surface area contributed by atoms with Gasteiger partial charge in [0.1, 0.15) is 10.6 Å². The molecule has 4 rings (SSSR count). The third kappa shape index (κ3) is 3.69. The lowest BCUT2D eigenvalue weighted by Gasteiger charge is -2.30. The molecule has 0 spiro atoms. The summed E-state index contributed by atoms with van der Waals surface area (Å²) in [6.45, 7) is 3.97. The van der Waals surface area contributed by atoms with Crippen molar-refractivity contribution in [1.29, 1.82) is 0 Å². The van der Waals surface area contributed by atoms with Gasteiger partial charge in [-0.1, -0.05) is 25.1 Å². The largest absolute Gasteiger partial charge is 0.383 e. The van der Waals surface area contributed by atoms with Gasteiger partial charge in [-0.25, -0.2) is 9.97 Å². The van der Waals surface area contributed by atoms with Crippen LogP contribution in [0.1, 0.15) is 49.5 Å². The van der Waals surface area contributed by atoms with Crippen molar-refractivity contribution >= 4 is 45.0 Å². The number of nitrogens with zero attached hydrogens (tertiary/aromatic N) is 3. The first-order valence-electron chi connectivity index (χ1n) is 9.60. The minimum Gasteiger partial charge on any atom is -0.383 e. The maximum atomic E-state index is 12.5. The summed E-state index contributed by atoms with van der Waals surface area (Å²) < 4.78 is 0. The quantitative estimate of drug-likeness (QED) is 0.489.